The van der Waals surface area contributed by atoms with E-state index in [9.17, 15) is 4.79 Å². The van der Waals surface area contributed by atoms with Gasteiger partial charge in [-0.3, -0.25) is 4.79 Å². The number of benzene rings is 1. The van der Waals surface area contributed by atoms with E-state index in [1.54, 1.807) is 0 Å². The fourth-order valence-corrected chi connectivity index (χ4v) is 6.91. The Morgan fingerprint density at radius 3 is 2.67 bits per heavy atom. The quantitative estimate of drug-likeness (QED) is 0.815. The fourth-order valence-electron chi connectivity index (χ4n) is 6.22. The van der Waals surface area contributed by atoms with Gasteiger partial charge in [0.15, 0.2) is 0 Å². The van der Waals surface area contributed by atoms with Crippen molar-refractivity contribution in [1.82, 2.24) is 5.32 Å². The highest BCUT2D eigenvalue weighted by Gasteiger charge is 2.60. The molecule has 0 spiro atoms. The van der Waals surface area contributed by atoms with Crippen LogP contribution in [0.5, 0.6) is 5.75 Å². The molecular weight excluding hydrogens is 322 g/mol. The molecule has 3 atom stereocenters. The van der Waals surface area contributed by atoms with Crippen LogP contribution in [0.4, 0.5) is 0 Å². The first kappa shape index (κ1) is 15.1. The van der Waals surface area contributed by atoms with E-state index in [1.165, 1.54) is 6.42 Å². The third-order valence-electron chi connectivity index (χ3n) is 6.74. The molecule has 128 valence electrons. The molecule has 1 N–H and O–H groups in total. The standard InChI is InChI=1S/C20H24ClNO2/c21-20-10-13-7-14(11-20)9-19(8-13,12-20)18(23)22-16-5-6-24-17-4-2-1-3-15(16)17/h1-4,13-14,16H,5-12H2,(H,22,23)/t13-,14-,16+,19?,20?/m1/s1. The number of nitrogens with one attached hydrogen (secondary N) is 1. The van der Waals surface area contributed by atoms with Crippen LogP contribution in [0.3, 0.4) is 0 Å². The second-order valence-electron chi connectivity index (χ2n) is 8.59. The normalized spacial score (nSPS) is 42.3. The van der Waals surface area contributed by atoms with Crippen molar-refractivity contribution >= 4 is 17.5 Å². The molecule has 1 aromatic rings. The summed E-state index contributed by atoms with van der Waals surface area (Å²) in [6.07, 6.45) is 7.29. The molecule has 4 fully saturated rings. The van der Waals surface area contributed by atoms with Gasteiger partial charge in [-0.2, -0.15) is 0 Å². The van der Waals surface area contributed by atoms with Crippen molar-refractivity contribution in [2.75, 3.05) is 6.61 Å². The van der Waals surface area contributed by atoms with Crippen molar-refractivity contribution in [3.63, 3.8) is 0 Å². The Morgan fingerprint density at radius 1 is 1.17 bits per heavy atom. The SMILES string of the molecule is O=C(N[C@H]1CCOc2ccccc21)C12C[C@H]3C[C@@H](CC(Cl)(C3)C1)C2. The van der Waals surface area contributed by atoms with Gasteiger partial charge in [0.05, 0.1) is 18.1 Å². The summed E-state index contributed by atoms with van der Waals surface area (Å²) in [4.78, 5) is 13.2. The van der Waals surface area contributed by atoms with Crippen molar-refractivity contribution in [3.8, 4) is 5.75 Å². The Kier molecular flexibility index (Phi) is 3.23. The molecule has 4 aliphatic carbocycles. The summed E-state index contributed by atoms with van der Waals surface area (Å²) in [7, 11) is 0. The smallest absolute Gasteiger partial charge is 0.226 e. The van der Waals surface area contributed by atoms with E-state index in [-0.39, 0.29) is 22.2 Å². The van der Waals surface area contributed by atoms with Gasteiger partial charge in [0.25, 0.3) is 0 Å². The zero-order valence-corrected chi connectivity index (χ0v) is 14.6. The molecule has 0 saturated heterocycles. The summed E-state index contributed by atoms with van der Waals surface area (Å²) in [6, 6.07) is 8.14. The van der Waals surface area contributed by atoms with Gasteiger partial charge in [-0.25, -0.2) is 0 Å². The first-order valence-electron chi connectivity index (χ1n) is 9.27. The van der Waals surface area contributed by atoms with Crippen LogP contribution in [-0.2, 0) is 4.79 Å². The molecule has 0 radical (unpaired) electrons. The Labute approximate surface area is 148 Å². The van der Waals surface area contributed by atoms with Gasteiger partial charge in [-0.05, 0) is 56.4 Å². The number of rotatable bonds is 2. The van der Waals surface area contributed by atoms with Crippen molar-refractivity contribution in [2.24, 2.45) is 17.3 Å². The molecule has 1 amide bonds. The zero-order valence-electron chi connectivity index (χ0n) is 13.9. The summed E-state index contributed by atoms with van der Waals surface area (Å²) >= 11 is 6.89. The Balaban J connectivity index is 1.40. The van der Waals surface area contributed by atoms with Gasteiger partial charge in [-0.15, -0.1) is 11.6 Å². The van der Waals surface area contributed by atoms with E-state index in [2.05, 4.69) is 11.4 Å². The number of carbonyl (C=O) groups excluding carboxylic acids is 1. The number of hydrogen-bond acceptors (Lipinski definition) is 2. The van der Waals surface area contributed by atoms with Crippen molar-refractivity contribution in [3.05, 3.63) is 29.8 Å². The Hall–Kier alpha value is -1.22. The number of alkyl halides is 1. The summed E-state index contributed by atoms with van der Waals surface area (Å²) < 4.78 is 5.73. The molecule has 6 rings (SSSR count). The molecule has 1 aromatic carbocycles. The van der Waals surface area contributed by atoms with Crippen molar-refractivity contribution < 1.29 is 9.53 Å². The van der Waals surface area contributed by atoms with Gasteiger partial charge >= 0.3 is 0 Å². The highest BCUT2D eigenvalue weighted by molar-refractivity contribution is 6.24. The lowest BCUT2D eigenvalue weighted by Gasteiger charge is -2.59. The number of halogens is 1. The summed E-state index contributed by atoms with van der Waals surface area (Å²) in [5.41, 5.74) is 0.890. The second kappa shape index (κ2) is 5.14. The predicted molar refractivity (Wildman–Crippen MR) is 93.1 cm³/mol. The van der Waals surface area contributed by atoms with Crippen LogP contribution < -0.4 is 10.1 Å². The predicted octanol–water partition coefficient (Wildman–Crippen LogP) is 4.20. The van der Waals surface area contributed by atoms with Crippen LogP contribution in [0.15, 0.2) is 24.3 Å². The minimum Gasteiger partial charge on any atom is -0.493 e. The molecule has 4 bridgehead atoms. The van der Waals surface area contributed by atoms with E-state index in [0.29, 0.717) is 18.4 Å². The number of ether oxygens (including phenoxy) is 1. The number of amides is 1. The first-order chi connectivity index (χ1) is 11.6. The van der Waals surface area contributed by atoms with Crippen LogP contribution in [0.2, 0.25) is 0 Å². The molecule has 4 saturated carbocycles. The maximum atomic E-state index is 13.3. The summed E-state index contributed by atoms with van der Waals surface area (Å²) in [5.74, 6) is 2.45. The highest BCUT2D eigenvalue weighted by Crippen LogP contribution is 2.64. The lowest BCUT2D eigenvalue weighted by Crippen LogP contribution is -2.58. The summed E-state index contributed by atoms with van der Waals surface area (Å²) in [6.45, 7) is 0.666. The third kappa shape index (κ3) is 2.28. The van der Waals surface area contributed by atoms with Crippen molar-refractivity contribution in [2.45, 2.75) is 55.9 Å². The lowest BCUT2D eigenvalue weighted by molar-refractivity contribution is -0.145. The monoisotopic (exact) mass is 345 g/mol. The molecular formula is C20H24ClNO2. The van der Waals surface area contributed by atoms with E-state index < -0.39 is 0 Å². The second-order valence-corrected chi connectivity index (χ2v) is 9.40. The highest BCUT2D eigenvalue weighted by atomic mass is 35.5. The lowest BCUT2D eigenvalue weighted by atomic mass is 9.49. The van der Waals surface area contributed by atoms with Crippen LogP contribution in [0, 0.1) is 17.3 Å². The zero-order chi connectivity index (χ0) is 16.4. The van der Waals surface area contributed by atoms with Crippen LogP contribution in [0.25, 0.3) is 0 Å². The van der Waals surface area contributed by atoms with E-state index in [1.807, 2.05) is 18.2 Å². The van der Waals surface area contributed by atoms with Gasteiger partial charge in [0.2, 0.25) is 5.91 Å². The average Bonchev–Trinajstić information content (AvgIpc) is 2.53. The molecule has 3 nitrogen and oxygen atoms in total. The van der Waals surface area contributed by atoms with E-state index in [0.717, 1.165) is 49.8 Å². The minimum atomic E-state index is -0.223. The maximum absolute atomic E-state index is 13.3. The molecule has 0 aromatic heterocycles. The van der Waals surface area contributed by atoms with Gasteiger partial charge in [0.1, 0.15) is 5.75 Å². The molecule has 24 heavy (non-hydrogen) atoms. The van der Waals surface area contributed by atoms with Gasteiger partial charge in [-0.1, -0.05) is 18.2 Å². The number of fused-ring (bicyclic) bond motifs is 1. The largest absolute Gasteiger partial charge is 0.493 e. The maximum Gasteiger partial charge on any atom is 0.226 e. The van der Waals surface area contributed by atoms with Crippen molar-refractivity contribution in [1.29, 1.82) is 0 Å². The van der Waals surface area contributed by atoms with Crippen LogP contribution in [0.1, 0.15) is 56.6 Å². The van der Waals surface area contributed by atoms with Crippen LogP contribution >= 0.6 is 11.6 Å². The van der Waals surface area contributed by atoms with Crippen LogP contribution in [-0.4, -0.2) is 17.4 Å². The van der Waals surface area contributed by atoms with E-state index in [4.69, 9.17) is 16.3 Å². The molecule has 1 heterocycles. The number of para-hydroxylation sites is 1. The molecule has 4 heteroatoms. The molecule has 5 aliphatic rings. The number of carbonyl (C=O) groups is 1. The average molecular weight is 346 g/mol. The van der Waals surface area contributed by atoms with Gasteiger partial charge < -0.3 is 10.1 Å². The van der Waals surface area contributed by atoms with Gasteiger partial charge in [0, 0.05) is 16.9 Å². The Morgan fingerprint density at radius 2 is 1.92 bits per heavy atom. The first-order valence-corrected chi connectivity index (χ1v) is 9.65. The van der Waals surface area contributed by atoms with E-state index >= 15 is 0 Å². The minimum absolute atomic E-state index is 0.0710. The number of hydrogen-bond donors (Lipinski definition) is 1. The molecule has 0 unspecified atom stereocenters. The third-order valence-corrected chi connectivity index (χ3v) is 7.18. The summed E-state index contributed by atoms with van der Waals surface area (Å²) in [5, 5.41) is 3.37. The Bertz CT molecular complexity index is 674. The fraction of sp³-hybridized carbons (Fsp3) is 0.650. The molecule has 1 aliphatic heterocycles. The topological polar surface area (TPSA) is 38.3 Å².